The van der Waals surface area contributed by atoms with E-state index in [0.29, 0.717) is 11.3 Å². The van der Waals surface area contributed by atoms with Gasteiger partial charge in [0.05, 0.1) is 19.2 Å². The van der Waals surface area contributed by atoms with Crippen LogP contribution in [0.25, 0.3) is 5.52 Å². The summed E-state index contributed by atoms with van der Waals surface area (Å²) in [5.41, 5.74) is 0.692. The molecule has 0 bridgehead atoms. The number of nitrogens with zero attached hydrogens (tertiary/aromatic N) is 1. The molecule has 1 N–H and O–H groups in total. The second-order valence-corrected chi connectivity index (χ2v) is 4.19. The van der Waals surface area contributed by atoms with Crippen molar-refractivity contribution >= 4 is 17.2 Å². The third-order valence-corrected chi connectivity index (χ3v) is 2.84. The Labute approximate surface area is 117 Å². The van der Waals surface area contributed by atoms with Crippen molar-refractivity contribution in [2.24, 2.45) is 0 Å². The molecule has 0 unspecified atom stereocenters. The summed E-state index contributed by atoms with van der Waals surface area (Å²) in [7, 11) is 1.46. The van der Waals surface area contributed by atoms with Gasteiger partial charge in [-0.2, -0.15) is 13.2 Å². The van der Waals surface area contributed by atoms with Crippen LogP contribution in [0, 0.1) is 0 Å². The molecule has 0 fully saturated rings. The number of nitrogens with one attached hydrogen (secondary N) is 1. The molecule has 0 saturated heterocycles. The lowest BCUT2D eigenvalue weighted by Gasteiger charge is -2.07. The Bertz CT molecular complexity index is 692. The number of carbonyl (C=O) groups excluding carboxylic acids is 2. The average Bonchev–Trinajstić information content (AvgIpc) is 2.86. The molecule has 112 valence electrons. The third-order valence-electron chi connectivity index (χ3n) is 2.84. The van der Waals surface area contributed by atoms with E-state index in [-0.39, 0.29) is 5.56 Å². The van der Waals surface area contributed by atoms with E-state index in [9.17, 15) is 22.8 Å². The van der Waals surface area contributed by atoms with Gasteiger partial charge in [-0.15, -0.1) is 0 Å². The molecule has 2 aromatic rings. The maximum atomic E-state index is 12.0. The van der Waals surface area contributed by atoms with Gasteiger partial charge in [0.2, 0.25) is 0 Å². The smallest absolute Gasteiger partial charge is 0.471 e. The highest BCUT2D eigenvalue weighted by Crippen LogP contribution is 2.19. The lowest BCUT2D eigenvalue weighted by Crippen LogP contribution is -2.39. The van der Waals surface area contributed by atoms with Gasteiger partial charge in [0.25, 0.3) is 0 Å². The predicted octanol–water partition coefficient (Wildman–Crippen LogP) is 1.81. The van der Waals surface area contributed by atoms with Crippen LogP contribution >= 0.6 is 0 Å². The maximum Gasteiger partial charge on any atom is 0.471 e. The van der Waals surface area contributed by atoms with Crippen LogP contribution < -0.4 is 10.1 Å². The molecule has 0 aliphatic heterocycles. The number of pyridine rings is 1. The van der Waals surface area contributed by atoms with Gasteiger partial charge >= 0.3 is 12.1 Å². The highest BCUT2D eigenvalue weighted by atomic mass is 19.4. The quantitative estimate of drug-likeness (QED) is 0.876. The fraction of sp³-hybridized carbons (Fsp3) is 0.231. The highest BCUT2D eigenvalue weighted by molar-refractivity contribution is 6.05. The number of halogens is 3. The molecule has 0 aromatic carbocycles. The van der Waals surface area contributed by atoms with Gasteiger partial charge in [-0.05, 0) is 12.1 Å². The molecular formula is C13H11F3N2O3. The van der Waals surface area contributed by atoms with Gasteiger partial charge in [0, 0.05) is 24.0 Å². The summed E-state index contributed by atoms with van der Waals surface area (Å²) in [6.45, 7) is -0.727. The SMILES string of the molecule is COc1ccn2ccc(C(=O)CNC(=O)C(F)(F)F)c2c1. The molecule has 0 atom stereocenters. The Balaban J connectivity index is 2.18. The first-order chi connectivity index (χ1) is 9.82. The number of rotatable bonds is 4. The number of Topliss-reactive ketones (excluding diaryl/α,β-unsaturated/α-hetero) is 1. The first-order valence-electron chi connectivity index (χ1n) is 5.86. The predicted molar refractivity (Wildman–Crippen MR) is 67.3 cm³/mol. The lowest BCUT2D eigenvalue weighted by molar-refractivity contribution is -0.173. The fourth-order valence-corrected chi connectivity index (χ4v) is 1.80. The largest absolute Gasteiger partial charge is 0.497 e. The van der Waals surface area contributed by atoms with Crippen molar-refractivity contribution in [2.45, 2.75) is 6.18 Å². The van der Waals surface area contributed by atoms with Gasteiger partial charge < -0.3 is 14.5 Å². The van der Waals surface area contributed by atoms with E-state index in [1.165, 1.54) is 13.2 Å². The Morgan fingerprint density at radius 3 is 2.57 bits per heavy atom. The molecule has 2 aromatic heterocycles. The molecular weight excluding hydrogens is 289 g/mol. The number of carbonyl (C=O) groups is 2. The number of fused-ring (bicyclic) bond motifs is 1. The minimum atomic E-state index is -5.01. The molecule has 8 heteroatoms. The van der Waals surface area contributed by atoms with Crippen LogP contribution in [0.1, 0.15) is 10.4 Å². The molecule has 5 nitrogen and oxygen atoms in total. The van der Waals surface area contributed by atoms with E-state index < -0.39 is 24.4 Å². The van der Waals surface area contributed by atoms with Crippen LogP contribution in [-0.4, -0.2) is 35.9 Å². The van der Waals surface area contributed by atoms with Crippen LogP contribution in [0.4, 0.5) is 13.2 Å². The summed E-state index contributed by atoms with van der Waals surface area (Å²) in [4.78, 5) is 22.6. The zero-order valence-corrected chi connectivity index (χ0v) is 10.9. The number of ketones is 1. The average molecular weight is 300 g/mol. The topological polar surface area (TPSA) is 59.8 Å². The van der Waals surface area contributed by atoms with Crippen molar-refractivity contribution in [3.8, 4) is 5.75 Å². The Kier molecular flexibility index (Phi) is 3.88. The van der Waals surface area contributed by atoms with E-state index in [4.69, 9.17) is 4.74 Å². The van der Waals surface area contributed by atoms with E-state index in [0.717, 1.165) is 0 Å². The van der Waals surface area contributed by atoms with Gasteiger partial charge in [-0.1, -0.05) is 0 Å². The van der Waals surface area contributed by atoms with Crippen molar-refractivity contribution < 1.29 is 27.5 Å². The van der Waals surface area contributed by atoms with Crippen LogP contribution in [0.3, 0.4) is 0 Å². The zero-order valence-electron chi connectivity index (χ0n) is 10.9. The first-order valence-corrected chi connectivity index (χ1v) is 5.86. The highest BCUT2D eigenvalue weighted by Gasteiger charge is 2.38. The van der Waals surface area contributed by atoms with E-state index >= 15 is 0 Å². The van der Waals surface area contributed by atoms with E-state index in [1.807, 2.05) is 0 Å². The fourth-order valence-electron chi connectivity index (χ4n) is 1.80. The van der Waals surface area contributed by atoms with Crippen LogP contribution in [0.5, 0.6) is 5.75 Å². The standard InChI is InChI=1S/C13H11F3N2O3/c1-21-8-2-4-18-5-3-9(10(18)6-8)11(19)7-17-12(20)13(14,15)16/h2-6H,7H2,1H3,(H,17,20). The summed E-state index contributed by atoms with van der Waals surface area (Å²) < 4.78 is 42.8. The Hall–Kier alpha value is -2.51. The zero-order chi connectivity index (χ0) is 15.6. The first kappa shape index (κ1) is 14.9. The van der Waals surface area contributed by atoms with E-state index in [2.05, 4.69) is 0 Å². The molecule has 2 heterocycles. The van der Waals surface area contributed by atoms with Gasteiger partial charge in [0.1, 0.15) is 5.75 Å². The monoisotopic (exact) mass is 300 g/mol. The summed E-state index contributed by atoms with van der Waals surface area (Å²) >= 11 is 0. The second kappa shape index (κ2) is 5.47. The van der Waals surface area contributed by atoms with Gasteiger partial charge in [-0.25, -0.2) is 0 Å². The summed E-state index contributed by atoms with van der Waals surface area (Å²) in [6, 6.07) is 4.72. The number of hydrogen-bond donors (Lipinski definition) is 1. The maximum absolute atomic E-state index is 12.0. The lowest BCUT2D eigenvalue weighted by atomic mass is 10.1. The molecule has 2 rings (SSSR count). The molecule has 0 saturated carbocycles. The number of hydrogen-bond acceptors (Lipinski definition) is 3. The minimum absolute atomic E-state index is 0.205. The molecule has 1 amide bonds. The molecule has 0 aliphatic carbocycles. The summed E-state index contributed by atoms with van der Waals surface area (Å²) in [6.07, 6.45) is -1.76. The number of methoxy groups -OCH3 is 1. The van der Waals surface area contributed by atoms with Crippen LogP contribution in [0.2, 0.25) is 0 Å². The van der Waals surface area contributed by atoms with Crippen molar-refractivity contribution in [1.82, 2.24) is 9.72 Å². The normalized spacial score (nSPS) is 11.4. The van der Waals surface area contributed by atoms with Crippen molar-refractivity contribution in [3.63, 3.8) is 0 Å². The van der Waals surface area contributed by atoms with Crippen LogP contribution in [-0.2, 0) is 4.79 Å². The molecule has 0 radical (unpaired) electrons. The van der Waals surface area contributed by atoms with E-state index in [1.54, 1.807) is 34.2 Å². The summed E-state index contributed by atoms with van der Waals surface area (Å²) in [5, 5.41) is 1.55. The van der Waals surface area contributed by atoms with Crippen molar-refractivity contribution in [3.05, 3.63) is 36.2 Å². The second-order valence-electron chi connectivity index (χ2n) is 4.19. The minimum Gasteiger partial charge on any atom is -0.497 e. The van der Waals surface area contributed by atoms with Crippen molar-refractivity contribution in [1.29, 1.82) is 0 Å². The third kappa shape index (κ3) is 3.15. The Morgan fingerprint density at radius 1 is 1.29 bits per heavy atom. The molecule has 21 heavy (non-hydrogen) atoms. The number of alkyl halides is 3. The number of aromatic nitrogens is 1. The van der Waals surface area contributed by atoms with Gasteiger partial charge in [0.15, 0.2) is 5.78 Å². The van der Waals surface area contributed by atoms with Crippen LogP contribution in [0.15, 0.2) is 30.6 Å². The number of ether oxygens (including phenoxy) is 1. The summed E-state index contributed by atoms with van der Waals surface area (Å²) in [5.74, 6) is -2.25. The van der Waals surface area contributed by atoms with Gasteiger partial charge in [-0.3, -0.25) is 9.59 Å². The molecule has 0 spiro atoms. The van der Waals surface area contributed by atoms with Crippen molar-refractivity contribution in [2.75, 3.05) is 13.7 Å². The number of amides is 1. The molecule has 0 aliphatic rings. The Morgan fingerprint density at radius 2 is 1.95 bits per heavy atom.